The predicted octanol–water partition coefficient (Wildman–Crippen LogP) is 3.60. The highest BCUT2D eigenvalue weighted by Gasteiger charge is 2.24. The SMILES string of the molecule is COC(=O)c1ccc2[nH]c3c(c2c1)CN(c1ccnc(C(C)(C)C)n1)CC3. The summed E-state index contributed by atoms with van der Waals surface area (Å²) < 4.78 is 4.86. The summed E-state index contributed by atoms with van der Waals surface area (Å²) in [6.45, 7) is 8.00. The second-order valence-electron chi connectivity index (χ2n) is 7.99. The van der Waals surface area contributed by atoms with Crippen LogP contribution in [0.2, 0.25) is 0 Å². The first-order valence-corrected chi connectivity index (χ1v) is 9.17. The van der Waals surface area contributed by atoms with Gasteiger partial charge in [0.2, 0.25) is 0 Å². The smallest absolute Gasteiger partial charge is 0.337 e. The zero-order chi connectivity index (χ0) is 19.2. The Bertz CT molecular complexity index is 1020. The van der Waals surface area contributed by atoms with Gasteiger partial charge < -0.3 is 14.6 Å². The lowest BCUT2D eigenvalue weighted by Gasteiger charge is -2.29. The van der Waals surface area contributed by atoms with Crippen LogP contribution in [0.1, 0.15) is 48.2 Å². The molecule has 1 aliphatic heterocycles. The molecule has 0 saturated carbocycles. The molecule has 0 atom stereocenters. The number of ether oxygens (including phenoxy) is 1. The minimum atomic E-state index is -0.315. The first-order valence-electron chi connectivity index (χ1n) is 9.17. The lowest BCUT2D eigenvalue weighted by atomic mass is 9.96. The van der Waals surface area contributed by atoms with Crippen LogP contribution in [0.15, 0.2) is 30.5 Å². The highest BCUT2D eigenvalue weighted by atomic mass is 16.5. The van der Waals surface area contributed by atoms with E-state index in [1.165, 1.54) is 18.4 Å². The summed E-state index contributed by atoms with van der Waals surface area (Å²) in [5.74, 6) is 1.47. The average Bonchev–Trinajstić information content (AvgIpc) is 3.03. The van der Waals surface area contributed by atoms with E-state index in [4.69, 9.17) is 9.72 Å². The number of aromatic amines is 1. The molecular formula is C21H24N4O2. The van der Waals surface area contributed by atoms with Crippen LogP contribution in [0.25, 0.3) is 10.9 Å². The topological polar surface area (TPSA) is 71.1 Å². The molecule has 0 aliphatic carbocycles. The van der Waals surface area contributed by atoms with Crippen LogP contribution >= 0.6 is 0 Å². The Balaban J connectivity index is 1.71. The van der Waals surface area contributed by atoms with Crippen LogP contribution in [0.5, 0.6) is 0 Å². The van der Waals surface area contributed by atoms with Crippen molar-refractivity contribution >= 4 is 22.7 Å². The second kappa shape index (κ2) is 6.37. The average molecular weight is 364 g/mol. The number of rotatable bonds is 2. The highest BCUT2D eigenvalue weighted by Crippen LogP contribution is 2.31. The van der Waals surface area contributed by atoms with Gasteiger partial charge in [-0.1, -0.05) is 20.8 Å². The summed E-state index contributed by atoms with van der Waals surface area (Å²) in [6, 6.07) is 7.63. The third kappa shape index (κ3) is 3.16. The highest BCUT2D eigenvalue weighted by molar-refractivity contribution is 5.96. The van der Waals surface area contributed by atoms with Gasteiger partial charge in [-0.3, -0.25) is 0 Å². The number of carbonyl (C=O) groups excluding carboxylic acids is 1. The molecule has 0 radical (unpaired) electrons. The fraction of sp³-hybridized carbons (Fsp3) is 0.381. The molecule has 3 aromatic rings. The van der Waals surface area contributed by atoms with Crippen molar-refractivity contribution in [1.29, 1.82) is 0 Å². The lowest BCUT2D eigenvalue weighted by molar-refractivity contribution is 0.0601. The van der Waals surface area contributed by atoms with Crippen LogP contribution in [0, 0.1) is 0 Å². The summed E-state index contributed by atoms with van der Waals surface area (Å²) in [7, 11) is 1.41. The van der Waals surface area contributed by atoms with Crippen molar-refractivity contribution < 1.29 is 9.53 Å². The maximum Gasteiger partial charge on any atom is 0.337 e. The van der Waals surface area contributed by atoms with Crippen molar-refractivity contribution in [2.24, 2.45) is 0 Å². The molecule has 140 valence electrons. The van der Waals surface area contributed by atoms with Gasteiger partial charge in [0.05, 0.1) is 12.7 Å². The Morgan fingerprint density at radius 1 is 1.26 bits per heavy atom. The number of carbonyl (C=O) groups is 1. The Morgan fingerprint density at radius 2 is 2.07 bits per heavy atom. The minimum absolute atomic E-state index is 0.0901. The van der Waals surface area contributed by atoms with E-state index in [1.54, 1.807) is 6.07 Å². The third-order valence-corrected chi connectivity index (χ3v) is 5.03. The number of hydrogen-bond donors (Lipinski definition) is 1. The Hall–Kier alpha value is -2.89. The summed E-state index contributed by atoms with van der Waals surface area (Å²) in [6.07, 6.45) is 2.75. The van der Waals surface area contributed by atoms with Crippen LogP contribution in [-0.2, 0) is 23.1 Å². The molecule has 3 heterocycles. The van der Waals surface area contributed by atoms with Crippen molar-refractivity contribution in [3.8, 4) is 0 Å². The predicted molar refractivity (Wildman–Crippen MR) is 105 cm³/mol. The van der Waals surface area contributed by atoms with Crippen molar-refractivity contribution in [2.75, 3.05) is 18.6 Å². The van der Waals surface area contributed by atoms with Gasteiger partial charge in [0.1, 0.15) is 11.6 Å². The summed E-state index contributed by atoms with van der Waals surface area (Å²) in [5, 5.41) is 1.07. The maximum atomic E-state index is 11.9. The molecule has 0 spiro atoms. The first kappa shape index (κ1) is 17.5. The molecule has 27 heavy (non-hydrogen) atoms. The Kier molecular flexibility index (Phi) is 4.13. The van der Waals surface area contributed by atoms with Gasteiger partial charge in [-0.2, -0.15) is 0 Å². The minimum Gasteiger partial charge on any atom is -0.465 e. The first-order chi connectivity index (χ1) is 12.9. The number of nitrogens with zero attached hydrogens (tertiary/aromatic N) is 3. The van der Waals surface area contributed by atoms with Gasteiger partial charge in [-0.25, -0.2) is 14.8 Å². The number of anilines is 1. The number of benzene rings is 1. The standard InChI is InChI=1S/C21H24N4O2/c1-21(2,3)20-22-9-7-18(24-20)25-10-8-17-15(12-25)14-11-13(19(26)27-4)5-6-16(14)23-17/h5-7,9,11,23H,8,10,12H2,1-4H3. The number of nitrogens with one attached hydrogen (secondary N) is 1. The molecule has 2 aromatic heterocycles. The van der Waals surface area contributed by atoms with Crippen LogP contribution in [0.3, 0.4) is 0 Å². The van der Waals surface area contributed by atoms with E-state index < -0.39 is 0 Å². The fourth-order valence-corrected chi connectivity index (χ4v) is 3.54. The Morgan fingerprint density at radius 3 is 2.81 bits per heavy atom. The number of H-pyrrole nitrogens is 1. The fourth-order valence-electron chi connectivity index (χ4n) is 3.54. The molecule has 0 unspecified atom stereocenters. The van der Waals surface area contributed by atoms with Crippen molar-refractivity contribution in [2.45, 2.75) is 39.2 Å². The molecule has 6 nitrogen and oxygen atoms in total. The molecule has 6 heteroatoms. The largest absolute Gasteiger partial charge is 0.465 e. The molecule has 4 rings (SSSR count). The summed E-state index contributed by atoms with van der Waals surface area (Å²) in [5.41, 5.74) is 3.98. The summed E-state index contributed by atoms with van der Waals surface area (Å²) >= 11 is 0. The van der Waals surface area contributed by atoms with Crippen LogP contribution < -0.4 is 4.90 Å². The van der Waals surface area contributed by atoms with Crippen molar-refractivity contribution in [3.63, 3.8) is 0 Å². The van der Waals surface area contributed by atoms with Gasteiger partial charge in [-0.15, -0.1) is 0 Å². The molecule has 0 amide bonds. The van der Waals surface area contributed by atoms with E-state index >= 15 is 0 Å². The van der Waals surface area contributed by atoms with Crippen LogP contribution in [-0.4, -0.2) is 34.6 Å². The molecule has 1 N–H and O–H groups in total. The molecule has 0 saturated heterocycles. The monoisotopic (exact) mass is 364 g/mol. The molecule has 1 aliphatic rings. The number of fused-ring (bicyclic) bond motifs is 3. The van der Waals surface area contributed by atoms with Gasteiger partial charge in [-0.05, 0) is 24.3 Å². The van der Waals surface area contributed by atoms with Crippen molar-refractivity contribution in [1.82, 2.24) is 15.0 Å². The number of esters is 1. The molecule has 0 fully saturated rings. The normalized spacial score (nSPS) is 14.3. The zero-order valence-corrected chi connectivity index (χ0v) is 16.2. The maximum absolute atomic E-state index is 11.9. The van der Waals surface area contributed by atoms with E-state index in [9.17, 15) is 4.79 Å². The quantitative estimate of drug-likeness (QED) is 0.704. The second-order valence-corrected chi connectivity index (χ2v) is 7.99. The molecule has 1 aromatic carbocycles. The van der Waals surface area contributed by atoms with Gasteiger partial charge >= 0.3 is 5.97 Å². The van der Waals surface area contributed by atoms with Gasteiger partial charge in [0, 0.05) is 53.3 Å². The lowest BCUT2D eigenvalue weighted by Crippen LogP contribution is -2.31. The van der Waals surface area contributed by atoms with Crippen molar-refractivity contribution in [3.05, 3.63) is 53.1 Å². The number of methoxy groups -OCH3 is 1. The van der Waals surface area contributed by atoms with E-state index in [2.05, 4.69) is 35.6 Å². The van der Waals surface area contributed by atoms with E-state index in [1.807, 2.05) is 24.4 Å². The molecule has 0 bridgehead atoms. The third-order valence-electron chi connectivity index (χ3n) is 5.03. The van der Waals surface area contributed by atoms with Crippen LogP contribution in [0.4, 0.5) is 5.82 Å². The van der Waals surface area contributed by atoms with E-state index in [0.29, 0.717) is 5.56 Å². The van der Waals surface area contributed by atoms with Gasteiger partial charge in [0.15, 0.2) is 0 Å². The Labute approximate surface area is 158 Å². The zero-order valence-electron chi connectivity index (χ0n) is 16.2. The number of aromatic nitrogens is 3. The number of hydrogen-bond acceptors (Lipinski definition) is 5. The van der Waals surface area contributed by atoms with E-state index in [0.717, 1.165) is 42.1 Å². The van der Waals surface area contributed by atoms with Gasteiger partial charge in [0.25, 0.3) is 0 Å². The summed E-state index contributed by atoms with van der Waals surface area (Å²) in [4.78, 5) is 26.9. The van der Waals surface area contributed by atoms with E-state index in [-0.39, 0.29) is 11.4 Å². The molecular weight excluding hydrogens is 340 g/mol.